The summed E-state index contributed by atoms with van der Waals surface area (Å²) in [6.07, 6.45) is 1.43. The van der Waals surface area contributed by atoms with Crippen molar-refractivity contribution in [3.8, 4) is 0 Å². The summed E-state index contributed by atoms with van der Waals surface area (Å²) in [6, 6.07) is 8.34. The van der Waals surface area contributed by atoms with Gasteiger partial charge in [0, 0.05) is 36.1 Å². The van der Waals surface area contributed by atoms with E-state index in [1.54, 1.807) is 16.2 Å². The van der Waals surface area contributed by atoms with Gasteiger partial charge in [0.15, 0.2) is 0 Å². The summed E-state index contributed by atoms with van der Waals surface area (Å²) in [5, 5.41) is 12.6. The average Bonchev–Trinajstić information content (AvgIpc) is 3.15. The van der Waals surface area contributed by atoms with E-state index in [1.807, 2.05) is 17.5 Å². The number of hydrogen-bond acceptors (Lipinski definition) is 6. The van der Waals surface area contributed by atoms with Gasteiger partial charge in [0.1, 0.15) is 0 Å². The number of thiophene rings is 1. The molecule has 1 aliphatic heterocycles. The molecule has 1 fully saturated rings. The van der Waals surface area contributed by atoms with Crippen LogP contribution in [-0.2, 0) is 21.2 Å². The predicted octanol–water partition coefficient (Wildman–Crippen LogP) is 2.17. The number of hydrogen-bond donors (Lipinski definition) is 1. The van der Waals surface area contributed by atoms with Gasteiger partial charge in [-0.25, -0.2) is 13.1 Å². The minimum atomic E-state index is -3.76. The summed E-state index contributed by atoms with van der Waals surface area (Å²) in [5.41, 5.74) is -0.161. The minimum Gasteiger partial charge on any atom is -0.342 e. The van der Waals surface area contributed by atoms with Crippen molar-refractivity contribution < 1.29 is 18.1 Å². The fraction of sp³-hybridized carbons (Fsp3) is 0.353. The van der Waals surface area contributed by atoms with Crippen LogP contribution in [0, 0.1) is 10.1 Å². The summed E-state index contributed by atoms with van der Waals surface area (Å²) in [6.45, 7) is 0.995. The van der Waals surface area contributed by atoms with Gasteiger partial charge in [0.2, 0.25) is 15.9 Å². The van der Waals surface area contributed by atoms with E-state index in [1.165, 1.54) is 24.3 Å². The van der Waals surface area contributed by atoms with Gasteiger partial charge in [-0.15, -0.1) is 11.3 Å². The van der Waals surface area contributed by atoms with E-state index in [0.717, 1.165) is 4.88 Å². The highest BCUT2D eigenvalue weighted by Crippen LogP contribution is 2.19. The van der Waals surface area contributed by atoms with Crippen molar-refractivity contribution in [3.63, 3.8) is 0 Å². The monoisotopic (exact) mass is 409 g/mol. The Balaban J connectivity index is 1.54. The molecule has 0 saturated carbocycles. The number of carbonyl (C=O) groups is 1. The second kappa shape index (κ2) is 8.15. The maximum absolute atomic E-state index is 12.4. The maximum atomic E-state index is 12.4. The van der Waals surface area contributed by atoms with Crippen LogP contribution in [0.5, 0.6) is 0 Å². The van der Waals surface area contributed by atoms with E-state index in [9.17, 15) is 23.3 Å². The second-order valence-corrected chi connectivity index (χ2v) is 9.03. The van der Waals surface area contributed by atoms with E-state index >= 15 is 0 Å². The summed E-state index contributed by atoms with van der Waals surface area (Å²) in [7, 11) is -3.76. The molecule has 8 nitrogen and oxygen atoms in total. The molecule has 2 aromatic rings. The largest absolute Gasteiger partial charge is 0.342 e. The highest BCUT2D eigenvalue weighted by Gasteiger charge is 2.27. The molecule has 1 N–H and O–H groups in total. The molecular formula is C17H19N3O5S2. The number of nitrogens with zero attached hydrogens (tertiary/aromatic N) is 2. The Labute approximate surface area is 161 Å². The van der Waals surface area contributed by atoms with Crippen LogP contribution in [0.15, 0.2) is 46.7 Å². The molecule has 0 bridgehead atoms. The third-order valence-corrected chi connectivity index (χ3v) is 6.85. The van der Waals surface area contributed by atoms with E-state index in [2.05, 4.69) is 4.72 Å². The quantitative estimate of drug-likeness (QED) is 0.581. The zero-order valence-electron chi connectivity index (χ0n) is 14.4. The van der Waals surface area contributed by atoms with Crippen LogP contribution in [0.3, 0.4) is 0 Å². The summed E-state index contributed by atoms with van der Waals surface area (Å²) in [5.74, 6) is 0.0501. The van der Waals surface area contributed by atoms with E-state index in [4.69, 9.17) is 0 Å². The van der Waals surface area contributed by atoms with Crippen LogP contribution >= 0.6 is 11.3 Å². The number of benzene rings is 1. The zero-order chi connectivity index (χ0) is 19.4. The Morgan fingerprint density at radius 2 is 1.89 bits per heavy atom. The van der Waals surface area contributed by atoms with Gasteiger partial charge in [-0.3, -0.25) is 14.9 Å². The molecule has 27 heavy (non-hydrogen) atoms. The number of nitro benzene ring substituents is 1. The number of piperidine rings is 1. The first-order valence-corrected chi connectivity index (χ1v) is 10.8. The number of sulfonamides is 1. The standard InChI is InChI=1S/C17H19N3O5S2/c21-17(12-15-2-1-11-26-15)19-9-7-13(8-10-19)18-27(24,25)16-5-3-14(4-6-16)20(22)23/h1-6,11,13,18H,7-10,12H2. The first-order valence-electron chi connectivity index (χ1n) is 8.42. The molecule has 0 atom stereocenters. The molecule has 144 valence electrons. The third-order valence-electron chi connectivity index (χ3n) is 4.43. The van der Waals surface area contributed by atoms with E-state index in [-0.39, 0.29) is 22.5 Å². The number of nitro groups is 1. The van der Waals surface area contributed by atoms with Crippen molar-refractivity contribution in [2.45, 2.75) is 30.2 Å². The van der Waals surface area contributed by atoms with Crippen LogP contribution in [0.25, 0.3) is 0 Å². The highest BCUT2D eigenvalue weighted by molar-refractivity contribution is 7.89. The number of amides is 1. The predicted molar refractivity (Wildman–Crippen MR) is 101 cm³/mol. The van der Waals surface area contributed by atoms with Crippen molar-refractivity contribution in [3.05, 3.63) is 56.8 Å². The zero-order valence-corrected chi connectivity index (χ0v) is 16.0. The first kappa shape index (κ1) is 19.5. The Morgan fingerprint density at radius 1 is 1.22 bits per heavy atom. The lowest BCUT2D eigenvalue weighted by atomic mass is 10.1. The smallest absolute Gasteiger partial charge is 0.269 e. The number of carbonyl (C=O) groups excluding carboxylic acids is 1. The van der Waals surface area contributed by atoms with Gasteiger partial charge in [-0.2, -0.15) is 0 Å². The van der Waals surface area contributed by atoms with Crippen molar-refractivity contribution in [2.75, 3.05) is 13.1 Å². The molecule has 1 aromatic carbocycles. The number of nitrogens with one attached hydrogen (secondary N) is 1. The van der Waals surface area contributed by atoms with Crippen molar-refractivity contribution in [2.24, 2.45) is 0 Å². The lowest BCUT2D eigenvalue weighted by Crippen LogP contribution is -2.46. The molecule has 3 rings (SSSR count). The molecule has 1 amide bonds. The van der Waals surface area contributed by atoms with Crippen LogP contribution in [-0.4, -0.2) is 43.3 Å². The molecule has 0 radical (unpaired) electrons. The van der Waals surface area contributed by atoms with Gasteiger partial charge in [0.25, 0.3) is 5.69 Å². The Hall–Kier alpha value is -2.30. The molecule has 1 aromatic heterocycles. The normalized spacial score (nSPS) is 15.6. The second-order valence-electron chi connectivity index (χ2n) is 6.28. The van der Waals surface area contributed by atoms with Crippen LogP contribution < -0.4 is 4.72 Å². The minimum absolute atomic E-state index is 0.00991. The van der Waals surface area contributed by atoms with Gasteiger partial charge >= 0.3 is 0 Å². The van der Waals surface area contributed by atoms with Crippen LogP contribution in [0.1, 0.15) is 17.7 Å². The first-order chi connectivity index (χ1) is 12.8. The Kier molecular flexibility index (Phi) is 5.88. The molecule has 1 saturated heterocycles. The fourth-order valence-corrected chi connectivity index (χ4v) is 4.96. The molecule has 1 aliphatic rings. The molecule has 10 heteroatoms. The topological polar surface area (TPSA) is 110 Å². The lowest BCUT2D eigenvalue weighted by Gasteiger charge is -2.32. The van der Waals surface area contributed by atoms with Crippen LogP contribution in [0.4, 0.5) is 5.69 Å². The molecule has 0 spiro atoms. The molecule has 0 aliphatic carbocycles. The van der Waals surface area contributed by atoms with Gasteiger partial charge in [-0.05, 0) is 36.4 Å². The van der Waals surface area contributed by atoms with Gasteiger partial charge in [0.05, 0.1) is 16.2 Å². The molecule has 2 heterocycles. The van der Waals surface area contributed by atoms with E-state index in [0.29, 0.717) is 32.4 Å². The number of likely N-dealkylation sites (tertiary alicyclic amines) is 1. The van der Waals surface area contributed by atoms with Gasteiger partial charge in [-0.1, -0.05) is 6.07 Å². The maximum Gasteiger partial charge on any atom is 0.269 e. The van der Waals surface area contributed by atoms with Crippen molar-refractivity contribution in [1.29, 1.82) is 0 Å². The number of rotatable bonds is 6. The van der Waals surface area contributed by atoms with E-state index < -0.39 is 14.9 Å². The SMILES string of the molecule is O=C(Cc1cccs1)N1CCC(NS(=O)(=O)c2ccc([N+](=O)[O-])cc2)CC1. The summed E-state index contributed by atoms with van der Waals surface area (Å²) >= 11 is 1.54. The molecule has 0 unspecified atom stereocenters. The Bertz CT molecular complexity index is 903. The summed E-state index contributed by atoms with van der Waals surface area (Å²) < 4.78 is 27.5. The highest BCUT2D eigenvalue weighted by atomic mass is 32.2. The summed E-state index contributed by atoms with van der Waals surface area (Å²) in [4.78, 5) is 25.2. The fourth-order valence-electron chi connectivity index (χ4n) is 2.96. The molecular weight excluding hydrogens is 390 g/mol. The van der Waals surface area contributed by atoms with Crippen molar-refractivity contribution >= 4 is 33.0 Å². The lowest BCUT2D eigenvalue weighted by molar-refractivity contribution is -0.384. The Morgan fingerprint density at radius 3 is 2.44 bits per heavy atom. The average molecular weight is 409 g/mol. The van der Waals surface area contributed by atoms with Crippen LogP contribution in [0.2, 0.25) is 0 Å². The van der Waals surface area contributed by atoms with Gasteiger partial charge < -0.3 is 4.90 Å². The number of non-ortho nitro benzene ring substituents is 1. The van der Waals surface area contributed by atoms with Crippen molar-refractivity contribution in [1.82, 2.24) is 9.62 Å². The third kappa shape index (κ3) is 4.90.